The number of halogens is 3. The number of amidine groups is 1. The number of carbonyl (C=O) groups excluding carboxylic acids is 1. The van der Waals surface area contributed by atoms with Gasteiger partial charge in [-0.2, -0.15) is 13.2 Å². The Bertz CT molecular complexity index is 942. The fraction of sp³-hybridized carbons (Fsp3) is 0.238. The van der Waals surface area contributed by atoms with E-state index in [9.17, 15) is 18.0 Å². The summed E-state index contributed by atoms with van der Waals surface area (Å²) in [7, 11) is 1.56. The molecule has 0 spiro atoms. The number of nitrogens with zero attached hydrogens (tertiary/aromatic N) is 2. The zero-order chi connectivity index (χ0) is 20.9. The van der Waals surface area contributed by atoms with Crippen LogP contribution < -0.4 is 4.74 Å². The molecule has 8 heteroatoms. The lowest BCUT2D eigenvalue weighted by Crippen LogP contribution is -2.38. The van der Waals surface area contributed by atoms with Crippen LogP contribution in [0, 0.1) is 0 Å². The molecule has 1 fully saturated rings. The molecule has 0 atom stereocenters. The lowest BCUT2D eigenvalue weighted by molar-refractivity contribution is -0.137. The molecule has 2 aromatic rings. The van der Waals surface area contributed by atoms with E-state index in [0.717, 1.165) is 29.9 Å². The number of hydrogen-bond acceptors (Lipinski definition) is 4. The molecule has 0 N–H and O–H groups in total. The summed E-state index contributed by atoms with van der Waals surface area (Å²) in [6, 6.07) is 12.0. The van der Waals surface area contributed by atoms with E-state index in [1.54, 1.807) is 25.3 Å². The maximum atomic E-state index is 12.9. The van der Waals surface area contributed by atoms with Crippen molar-refractivity contribution in [3.63, 3.8) is 0 Å². The third-order valence-electron chi connectivity index (χ3n) is 4.16. The van der Waals surface area contributed by atoms with Crippen LogP contribution in [-0.2, 0) is 11.0 Å². The van der Waals surface area contributed by atoms with Crippen molar-refractivity contribution < 1.29 is 22.7 Å². The standard InChI is InChI=1S/C21H19F3N2O2S/c1-28-18-8-2-5-15(13-18)9-10-19(27)26-11-4-12-29-20(26)25-17-7-3-6-16(14-17)21(22,23)24/h2-3,5-10,13-14H,4,11-12H2,1H3. The second-order valence-corrected chi connectivity index (χ2v) is 7.31. The van der Waals surface area contributed by atoms with E-state index in [1.165, 1.54) is 34.9 Å². The van der Waals surface area contributed by atoms with Crippen LogP contribution >= 0.6 is 11.8 Å². The number of thioether (sulfide) groups is 1. The van der Waals surface area contributed by atoms with Gasteiger partial charge in [0.05, 0.1) is 18.4 Å². The predicted molar refractivity (Wildman–Crippen MR) is 109 cm³/mol. The van der Waals surface area contributed by atoms with Crippen LogP contribution in [0.15, 0.2) is 59.6 Å². The van der Waals surface area contributed by atoms with Gasteiger partial charge in [0.15, 0.2) is 5.17 Å². The van der Waals surface area contributed by atoms with Crippen LogP contribution in [0.25, 0.3) is 6.08 Å². The van der Waals surface area contributed by atoms with E-state index in [2.05, 4.69) is 4.99 Å². The van der Waals surface area contributed by atoms with E-state index in [0.29, 0.717) is 17.5 Å². The summed E-state index contributed by atoms with van der Waals surface area (Å²) in [5.74, 6) is 1.16. The number of benzene rings is 2. The quantitative estimate of drug-likeness (QED) is 0.624. The second kappa shape index (κ2) is 9.17. The molecule has 0 aliphatic carbocycles. The Morgan fingerprint density at radius 1 is 1.21 bits per heavy atom. The summed E-state index contributed by atoms with van der Waals surface area (Å²) in [6.07, 6.45) is -0.551. The summed E-state index contributed by atoms with van der Waals surface area (Å²) >= 11 is 1.36. The average molecular weight is 420 g/mol. The topological polar surface area (TPSA) is 41.9 Å². The van der Waals surface area contributed by atoms with Crippen LogP contribution in [0.3, 0.4) is 0 Å². The van der Waals surface area contributed by atoms with Crippen LogP contribution in [0.5, 0.6) is 5.75 Å². The average Bonchev–Trinajstić information content (AvgIpc) is 2.72. The van der Waals surface area contributed by atoms with Gasteiger partial charge in [0.25, 0.3) is 5.91 Å². The van der Waals surface area contributed by atoms with E-state index in [1.807, 2.05) is 12.1 Å². The SMILES string of the molecule is COc1cccc(C=CC(=O)N2CCCSC2=Nc2cccc(C(F)(F)F)c2)c1. The predicted octanol–water partition coefficient (Wildman–Crippen LogP) is 5.38. The van der Waals surface area contributed by atoms with Crippen LogP contribution in [0.1, 0.15) is 17.5 Å². The number of rotatable bonds is 4. The van der Waals surface area contributed by atoms with Gasteiger partial charge < -0.3 is 4.74 Å². The molecule has 4 nitrogen and oxygen atoms in total. The van der Waals surface area contributed by atoms with Gasteiger partial charge in [-0.25, -0.2) is 4.99 Å². The number of aliphatic imine (C=N–C) groups is 1. The maximum absolute atomic E-state index is 12.9. The first-order valence-electron chi connectivity index (χ1n) is 8.89. The van der Waals surface area contributed by atoms with Gasteiger partial charge in [-0.05, 0) is 48.4 Å². The van der Waals surface area contributed by atoms with Gasteiger partial charge in [-0.15, -0.1) is 0 Å². The zero-order valence-corrected chi connectivity index (χ0v) is 16.5. The molecule has 1 aliphatic rings. The Balaban J connectivity index is 1.81. The monoisotopic (exact) mass is 420 g/mol. The fourth-order valence-electron chi connectivity index (χ4n) is 2.72. The summed E-state index contributed by atoms with van der Waals surface area (Å²) in [5.41, 5.74) is 0.202. The molecule has 0 radical (unpaired) electrons. The second-order valence-electron chi connectivity index (χ2n) is 6.24. The molecule has 1 saturated heterocycles. The van der Waals surface area contributed by atoms with E-state index >= 15 is 0 Å². The van der Waals surface area contributed by atoms with Gasteiger partial charge in [0.1, 0.15) is 5.75 Å². The van der Waals surface area contributed by atoms with Crippen LogP contribution in [0.4, 0.5) is 18.9 Å². The van der Waals surface area contributed by atoms with Crippen molar-refractivity contribution in [2.45, 2.75) is 12.6 Å². The lowest BCUT2D eigenvalue weighted by Gasteiger charge is -2.26. The van der Waals surface area contributed by atoms with Crippen molar-refractivity contribution in [2.75, 3.05) is 19.4 Å². The molecule has 1 amide bonds. The number of amides is 1. The maximum Gasteiger partial charge on any atom is 0.416 e. The molecular weight excluding hydrogens is 401 g/mol. The largest absolute Gasteiger partial charge is 0.497 e. The summed E-state index contributed by atoms with van der Waals surface area (Å²) < 4.78 is 44.0. The number of alkyl halides is 3. The van der Waals surface area contributed by atoms with Gasteiger partial charge in [-0.1, -0.05) is 30.0 Å². The van der Waals surface area contributed by atoms with E-state index in [4.69, 9.17) is 4.74 Å². The van der Waals surface area contributed by atoms with E-state index in [-0.39, 0.29) is 11.6 Å². The van der Waals surface area contributed by atoms with Gasteiger partial charge in [0, 0.05) is 18.4 Å². The first kappa shape index (κ1) is 21.0. The van der Waals surface area contributed by atoms with Crippen molar-refractivity contribution in [1.82, 2.24) is 4.90 Å². The normalized spacial score (nSPS) is 16.4. The minimum absolute atomic E-state index is 0.166. The van der Waals surface area contributed by atoms with Crippen molar-refractivity contribution >= 4 is 34.6 Å². The lowest BCUT2D eigenvalue weighted by atomic mass is 10.2. The molecule has 29 heavy (non-hydrogen) atoms. The smallest absolute Gasteiger partial charge is 0.416 e. The highest BCUT2D eigenvalue weighted by Crippen LogP contribution is 2.32. The highest BCUT2D eigenvalue weighted by Gasteiger charge is 2.30. The van der Waals surface area contributed by atoms with Crippen LogP contribution in [-0.4, -0.2) is 35.4 Å². The highest BCUT2D eigenvalue weighted by atomic mass is 32.2. The minimum Gasteiger partial charge on any atom is -0.497 e. The molecule has 1 aliphatic heterocycles. The van der Waals surface area contributed by atoms with Crippen molar-refractivity contribution in [1.29, 1.82) is 0 Å². The van der Waals surface area contributed by atoms with Gasteiger partial charge >= 0.3 is 6.18 Å². The third-order valence-corrected chi connectivity index (χ3v) is 5.23. The zero-order valence-electron chi connectivity index (χ0n) is 15.6. The van der Waals surface area contributed by atoms with Crippen LogP contribution in [0.2, 0.25) is 0 Å². The molecule has 1 heterocycles. The molecular formula is C21H19F3N2O2S. The van der Waals surface area contributed by atoms with Crippen molar-refractivity contribution in [3.8, 4) is 5.75 Å². The number of ether oxygens (including phenoxy) is 1. The van der Waals surface area contributed by atoms with Gasteiger partial charge in [0.2, 0.25) is 0 Å². The number of carbonyl (C=O) groups is 1. The minimum atomic E-state index is -4.44. The van der Waals surface area contributed by atoms with E-state index < -0.39 is 11.7 Å². The molecule has 0 unspecified atom stereocenters. The molecule has 3 rings (SSSR count). The Labute approximate surface area is 171 Å². The molecule has 152 valence electrons. The summed E-state index contributed by atoms with van der Waals surface area (Å²) in [6.45, 7) is 0.464. The first-order chi connectivity index (χ1) is 13.9. The summed E-state index contributed by atoms with van der Waals surface area (Å²) in [5, 5.41) is 0.399. The Morgan fingerprint density at radius 3 is 2.76 bits per heavy atom. The fourth-order valence-corrected chi connectivity index (χ4v) is 3.68. The Kier molecular flexibility index (Phi) is 6.64. The first-order valence-corrected chi connectivity index (χ1v) is 9.88. The number of hydrogen-bond donors (Lipinski definition) is 0. The molecule has 0 saturated carbocycles. The number of methoxy groups -OCH3 is 1. The Morgan fingerprint density at radius 2 is 2.00 bits per heavy atom. The molecule has 0 aromatic heterocycles. The molecule has 0 bridgehead atoms. The molecule has 2 aromatic carbocycles. The third kappa shape index (κ3) is 5.63. The van der Waals surface area contributed by atoms with Gasteiger partial charge in [-0.3, -0.25) is 9.69 Å². The Hall–Kier alpha value is -2.74. The van der Waals surface area contributed by atoms with Crippen molar-refractivity contribution in [2.24, 2.45) is 4.99 Å². The summed E-state index contributed by atoms with van der Waals surface area (Å²) in [4.78, 5) is 18.5. The highest BCUT2D eigenvalue weighted by molar-refractivity contribution is 8.13. The van der Waals surface area contributed by atoms with Crippen molar-refractivity contribution in [3.05, 3.63) is 65.7 Å².